The lowest BCUT2D eigenvalue weighted by atomic mass is 10.2. The van der Waals surface area contributed by atoms with Gasteiger partial charge in [0, 0.05) is 45.7 Å². The second-order valence-corrected chi connectivity index (χ2v) is 7.61. The van der Waals surface area contributed by atoms with Crippen molar-refractivity contribution in [3.63, 3.8) is 0 Å². The van der Waals surface area contributed by atoms with Crippen LogP contribution in [0, 0.1) is 0 Å². The van der Waals surface area contributed by atoms with Gasteiger partial charge < -0.3 is 29.9 Å². The van der Waals surface area contributed by atoms with E-state index in [0.29, 0.717) is 19.6 Å². The van der Waals surface area contributed by atoms with Crippen LogP contribution in [-0.2, 0) is 11.3 Å². The molecular weight excluding hydrogens is 521 g/mol. The number of guanidine groups is 1. The van der Waals surface area contributed by atoms with Gasteiger partial charge in [-0.25, -0.2) is 0 Å². The van der Waals surface area contributed by atoms with Gasteiger partial charge in [-0.15, -0.1) is 24.0 Å². The number of nitrogens with one attached hydrogen (secondary N) is 2. The van der Waals surface area contributed by atoms with Crippen LogP contribution >= 0.6 is 24.0 Å². The summed E-state index contributed by atoms with van der Waals surface area (Å²) in [6.45, 7) is 11.9. The van der Waals surface area contributed by atoms with Gasteiger partial charge >= 0.3 is 0 Å². The Hall–Kier alpha value is -1.75. The van der Waals surface area contributed by atoms with E-state index in [-0.39, 0.29) is 35.9 Å². The first-order valence-electron chi connectivity index (χ1n) is 11.3. The van der Waals surface area contributed by atoms with Crippen molar-refractivity contribution in [3.8, 4) is 11.5 Å². The van der Waals surface area contributed by atoms with Crippen LogP contribution in [-0.4, -0.2) is 81.2 Å². The maximum absolute atomic E-state index is 11.9. The summed E-state index contributed by atoms with van der Waals surface area (Å²) < 4.78 is 11.5. The number of carbonyl (C=O) groups excluding carboxylic acids is 1. The molecule has 1 unspecified atom stereocenters. The fourth-order valence-corrected chi connectivity index (χ4v) is 3.67. The Balaban J connectivity index is 0.00000512. The van der Waals surface area contributed by atoms with Crippen LogP contribution in [0.25, 0.3) is 0 Å². The summed E-state index contributed by atoms with van der Waals surface area (Å²) >= 11 is 0. The molecule has 1 amide bonds. The molecule has 1 aromatic rings. The quantitative estimate of drug-likeness (QED) is 0.246. The van der Waals surface area contributed by atoms with E-state index >= 15 is 0 Å². The highest BCUT2D eigenvalue weighted by Crippen LogP contribution is 2.28. The maximum atomic E-state index is 11.9. The second-order valence-electron chi connectivity index (χ2n) is 7.61. The molecule has 32 heavy (non-hydrogen) atoms. The Bertz CT molecular complexity index is 728. The molecule has 9 heteroatoms. The summed E-state index contributed by atoms with van der Waals surface area (Å²) in [6.07, 6.45) is 1.48. The molecule has 0 aliphatic carbocycles. The standard InChI is InChI=1S/C23H39N5O3.HI/c1-6-22(29)28-12-11-19(17-28)26-23(24-4)25-16-18-9-10-20(21(15-18)30-5)31-14-13-27(7-2)8-3;/h9-10,15,19H,6-8,11-14,16-17H2,1-5H3,(H2,24,25,26);1H. The lowest BCUT2D eigenvalue weighted by Crippen LogP contribution is -2.44. The molecule has 1 aromatic carbocycles. The topological polar surface area (TPSA) is 78.4 Å². The summed E-state index contributed by atoms with van der Waals surface area (Å²) in [7, 11) is 3.42. The number of amides is 1. The van der Waals surface area contributed by atoms with Gasteiger partial charge in [0.2, 0.25) is 5.91 Å². The molecule has 1 saturated heterocycles. The Morgan fingerprint density at radius 1 is 1.25 bits per heavy atom. The zero-order chi connectivity index (χ0) is 22.6. The average Bonchev–Trinajstić information content (AvgIpc) is 3.27. The highest BCUT2D eigenvalue weighted by Gasteiger charge is 2.25. The molecule has 1 atom stereocenters. The predicted molar refractivity (Wildman–Crippen MR) is 140 cm³/mol. The molecule has 0 bridgehead atoms. The number of nitrogens with zero attached hydrogens (tertiary/aromatic N) is 3. The van der Waals surface area contributed by atoms with Crippen molar-refractivity contribution in [2.75, 3.05) is 53.5 Å². The SMILES string of the molecule is CCC(=O)N1CCC(NC(=NC)NCc2ccc(OCCN(CC)CC)c(OC)c2)C1.I. The second kappa shape index (κ2) is 15.2. The molecule has 2 rings (SSSR count). The van der Waals surface area contributed by atoms with E-state index in [1.165, 1.54) is 0 Å². The van der Waals surface area contributed by atoms with Gasteiger partial charge in [0.15, 0.2) is 17.5 Å². The van der Waals surface area contributed by atoms with E-state index in [2.05, 4.69) is 34.4 Å². The van der Waals surface area contributed by atoms with Crippen LogP contribution in [0.15, 0.2) is 23.2 Å². The molecule has 182 valence electrons. The molecule has 1 heterocycles. The lowest BCUT2D eigenvalue weighted by Gasteiger charge is -2.20. The third-order valence-corrected chi connectivity index (χ3v) is 5.66. The smallest absolute Gasteiger partial charge is 0.222 e. The monoisotopic (exact) mass is 561 g/mol. The number of hydrogen-bond donors (Lipinski definition) is 2. The van der Waals surface area contributed by atoms with Gasteiger partial charge in [-0.1, -0.05) is 26.8 Å². The van der Waals surface area contributed by atoms with Gasteiger partial charge in [-0.05, 0) is 37.2 Å². The highest BCUT2D eigenvalue weighted by molar-refractivity contribution is 14.0. The number of ether oxygens (including phenoxy) is 2. The molecule has 0 radical (unpaired) electrons. The zero-order valence-corrected chi connectivity index (χ0v) is 22.5. The van der Waals surface area contributed by atoms with Crippen molar-refractivity contribution in [3.05, 3.63) is 23.8 Å². The van der Waals surface area contributed by atoms with Crippen LogP contribution in [0.4, 0.5) is 0 Å². The maximum Gasteiger partial charge on any atom is 0.222 e. The normalized spacial score (nSPS) is 16.0. The molecule has 1 fully saturated rings. The van der Waals surface area contributed by atoms with E-state index in [9.17, 15) is 4.79 Å². The number of benzene rings is 1. The van der Waals surface area contributed by atoms with E-state index in [1.807, 2.05) is 30.0 Å². The molecule has 1 aliphatic rings. The van der Waals surface area contributed by atoms with Gasteiger partial charge in [0.05, 0.1) is 7.11 Å². The lowest BCUT2D eigenvalue weighted by molar-refractivity contribution is -0.129. The Labute approximate surface area is 210 Å². The van der Waals surface area contributed by atoms with Gasteiger partial charge in [-0.3, -0.25) is 9.79 Å². The minimum atomic E-state index is 0. The minimum absolute atomic E-state index is 0. The van der Waals surface area contributed by atoms with Gasteiger partial charge in [-0.2, -0.15) is 0 Å². The first-order chi connectivity index (χ1) is 15.0. The number of likely N-dealkylation sites (tertiary alicyclic amines) is 1. The van der Waals surface area contributed by atoms with Crippen molar-refractivity contribution in [1.82, 2.24) is 20.4 Å². The largest absolute Gasteiger partial charge is 0.493 e. The number of aliphatic imine (C=N–C) groups is 1. The fraction of sp³-hybridized carbons (Fsp3) is 0.652. The minimum Gasteiger partial charge on any atom is -0.493 e. The average molecular weight is 562 g/mol. The van der Waals surface area contributed by atoms with E-state index < -0.39 is 0 Å². The van der Waals surface area contributed by atoms with E-state index in [1.54, 1.807) is 14.2 Å². The van der Waals surface area contributed by atoms with Crippen molar-refractivity contribution < 1.29 is 14.3 Å². The van der Waals surface area contributed by atoms with Crippen LogP contribution in [0.1, 0.15) is 39.2 Å². The van der Waals surface area contributed by atoms with Crippen LogP contribution < -0.4 is 20.1 Å². The zero-order valence-electron chi connectivity index (χ0n) is 20.1. The van der Waals surface area contributed by atoms with Crippen LogP contribution in [0.5, 0.6) is 11.5 Å². The fourth-order valence-electron chi connectivity index (χ4n) is 3.67. The first kappa shape index (κ1) is 28.3. The first-order valence-corrected chi connectivity index (χ1v) is 11.3. The molecular formula is C23H40IN5O3. The summed E-state index contributed by atoms with van der Waals surface area (Å²) in [6, 6.07) is 6.20. The predicted octanol–water partition coefficient (Wildman–Crippen LogP) is 2.71. The Kier molecular flexibility index (Phi) is 13.4. The number of rotatable bonds is 11. The summed E-state index contributed by atoms with van der Waals surface area (Å²) in [5.41, 5.74) is 1.07. The van der Waals surface area contributed by atoms with Crippen molar-refractivity contribution in [1.29, 1.82) is 0 Å². The van der Waals surface area contributed by atoms with Crippen LogP contribution in [0.3, 0.4) is 0 Å². The number of hydrogen-bond acceptors (Lipinski definition) is 5. The summed E-state index contributed by atoms with van der Waals surface area (Å²) in [4.78, 5) is 20.4. The third kappa shape index (κ3) is 8.65. The molecule has 0 aromatic heterocycles. The van der Waals surface area contributed by atoms with E-state index in [0.717, 1.165) is 62.2 Å². The number of halogens is 1. The summed E-state index contributed by atoms with van der Waals surface area (Å²) in [5.74, 6) is 2.42. The Morgan fingerprint density at radius 2 is 2.00 bits per heavy atom. The van der Waals surface area contributed by atoms with Gasteiger partial charge in [0.1, 0.15) is 6.61 Å². The Morgan fingerprint density at radius 3 is 2.62 bits per heavy atom. The van der Waals surface area contributed by atoms with E-state index in [4.69, 9.17) is 9.47 Å². The molecule has 0 saturated carbocycles. The number of methoxy groups -OCH3 is 1. The highest BCUT2D eigenvalue weighted by atomic mass is 127. The van der Waals surface area contributed by atoms with Crippen molar-refractivity contribution in [2.24, 2.45) is 4.99 Å². The van der Waals surface area contributed by atoms with Gasteiger partial charge in [0.25, 0.3) is 0 Å². The number of carbonyl (C=O) groups is 1. The molecule has 1 aliphatic heterocycles. The summed E-state index contributed by atoms with van der Waals surface area (Å²) in [5, 5.41) is 6.77. The van der Waals surface area contributed by atoms with Crippen LogP contribution in [0.2, 0.25) is 0 Å². The third-order valence-electron chi connectivity index (χ3n) is 5.66. The molecule has 0 spiro atoms. The molecule has 8 nitrogen and oxygen atoms in total. The number of likely N-dealkylation sites (N-methyl/N-ethyl adjacent to an activating group) is 1. The molecule has 2 N–H and O–H groups in total. The van der Waals surface area contributed by atoms with Crippen molar-refractivity contribution in [2.45, 2.75) is 46.2 Å². The van der Waals surface area contributed by atoms with Crippen molar-refractivity contribution >= 4 is 35.8 Å².